The van der Waals surface area contributed by atoms with Gasteiger partial charge in [0, 0.05) is 38.0 Å². The standard InChI is InChI=1S/C31H39N5O6/c1-18(2)28(31(39)33-12-14-36-13-11-32-17-36)35-24-10-8-21-22(16-25(24)38)23(34-19(3)37)9-7-20-15-26(40-4)29(41-5)30(42-6)27(20)21/h8,10-11,13,15-18,23,28H,7,9,12,14H2,1-6H3,(H,33,39)(H,34,37)(H,35,38). The molecule has 1 aromatic heterocycles. The average molecular weight is 578 g/mol. The average Bonchev–Trinajstić information content (AvgIpc) is 3.37. The molecular weight excluding hydrogens is 538 g/mol. The maximum absolute atomic E-state index is 13.7. The number of methoxy groups -OCH3 is 3. The lowest BCUT2D eigenvalue weighted by atomic mass is 9.95. The van der Waals surface area contributed by atoms with Gasteiger partial charge < -0.3 is 34.7 Å². The molecule has 1 aliphatic carbocycles. The first-order valence-electron chi connectivity index (χ1n) is 14.0. The quantitative estimate of drug-likeness (QED) is 0.316. The van der Waals surface area contributed by atoms with Crippen LogP contribution in [0.5, 0.6) is 17.2 Å². The van der Waals surface area contributed by atoms with E-state index in [0.29, 0.717) is 48.7 Å². The van der Waals surface area contributed by atoms with Crippen LogP contribution in [0.3, 0.4) is 0 Å². The summed E-state index contributed by atoms with van der Waals surface area (Å²) in [6, 6.07) is 5.89. The summed E-state index contributed by atoms with van der Waals surface area (Å²) in [6.07, 6.45) is 6.36. The summed E-state index contributed by atoms with van der Waals surface area (Å²) in [4.78, 5) is 43.1. The summed E-state index contributed by atoms with van der Waals surface area (Å²) in [5.41, 5.74) is 3.04. The highest BCUT2D eigenvalue weighted by molar-refractivity contribution is 5.86. The molecule has 11 heteroatoms. The van der Waals surface area contributed by atoms with Gasteiger partial charge in [-0.05, 0) is 53.6 Å². The van der Waals surface area contributed by atoms with Gasteiger partial charge in [0.1, 0.15) is 6.04 Å². The van der Waals surface area contributed by atoms with Crippen molar-refractivity contribution in [2.45, 2.75) is 52.2 Å². The molecule has 0 fully saturated rings. The number of carbonyl (C=O) groups excluding carboxylic acids is 2. The molecule has 1 aliphatic rings. The zero-order valence-corrected chi connectivity index (χ0v) is 24.9. The number of aryl methyl sites for hydroxylation is 1. The van der Waals surface area contributed by atoms with Crippen LogP contribution < -0.4 is 35.6 Å². The molecule has 1 heterocycles. The minimum atomic E-state index is -0.653. The van der Waals surface area contributed by atoms with Crippen molar-refractivity contribution < 1.29 is 23.8 Å². The number of imidazole rings is 1. The fourth-order valence-electron chi connectivity index (χ4n) is 5.37. The largest absolute Gasteiger partial charge is 0.493 e. The first-order valence-corrected chi connectivity index (χ1v) is 14.0. The highest BCUT2D eigenvalue weighted by Gasteiger charge is 2.30. The predicted octanol–water partition coefficient (Wildman–Crippen LogP) is 3.31. The van der Waals surface area contributed by atoms with Crippen molar-refractivity contribution in [1.29, 1.82) is 0 Å². The zero-order chi connectivity index (χ0) is 30.4. The van der Waals surface area contributed by atoms with E-state index in [4.69, 9.17) is 14.2 Å². The van der Waals surface area contributed by atoms with Gasteiger partial charge in [0.2, 0.25) is 23.0 Å². The molecule has 2 aromatic carbocycles. The Morgan fingerprint density at radius 1 is 1.10 bits per heavy atom. The molecule has 4 rings (SSSR count). The number of hydrogen-bond acceptors (Lipinski definition) is 8. The van der Waals surface area contributed by atoms with E-state index < -0.39 is 12.1 Å². The molecular formula is C31H39N5O6. The van der Waals surface area contributed by atoms with Crippen LogP contribution in [0, 0.1) is 5.92 Å². The Morgan fingerprint density at radius 2 is 1.86 bits per heavy atom. The highest BCUT2D eigenvalue weighted by Crippen LogP contribution is 2.50. The summed E-state index contributed by atoms with van der Waals surface area (Å²) in [5.74, 6) is 0.912. The fourth-order valence-corrected chi connectivity index (χ4v) is 5.37. The van der Waals surface area contributed by atoms with Crippen molar-refractivity contribution in [3.05, 3.63) is 64.3 Å². The third-order valence-corrected chi connectivity index (χ3v) is 7.40. The van der Waals surface area contributed by atoms with Crippen molar-refractivity contribution in [2.75, 3.05) is 33.2 Å². The first-order chi connectivity index (χ1) is 20.2. The highest BCUT2D eigenvalue weighted by atomic mass is 16.5. The number of hydrogen-bond donors (Lipinski definition) is 3. The predicted molar refractivity (Wildman–Crippen MR) is 160 cm³/mol. The second-order valence-corrected chi connectivity index (χ2v) is 10.6. The maximum Gasteiger partial charge on any atom is 0.242 e. The van der Waals surface area contributed by atoms with E-state index in [1.807, 2.05) is 36.7 Å². The lowest BCUT2D eigenvalue weighted by Gasteiger charge is -2.22. The summed E-state index contributed by atoms with van der Waals surface area (Å²) in [7, 11) is 4.66. The Kier molecular flexibility index (Phi) is 9.72. The Morgan fingerprint density at radius 3 is 2.48 bits per heavy atom. The number of ether oxygens (including phenoxy) is 3. The van der Waals surface area contributed by atoms with Crippen LogP contribution in [-0.2, 0) is 22.6 Å². The summed E-state index contributed by atoms with van der Waals surface area (Å²) in [5, 5.41) is 9.15. The molecule has 0 spiro atoms. The minimum absolute atomic E-state index is 0.106. The monoisotopic (exact) mass is 577 g/mol. The number of aromatic nitrogens is 2. The van der Waals surface area contributed by atoms with Gasteiger partial charge in [-0.1, -0.05) is 19.9 Å². The van der Waals surface area contributed by atoms with E-state index >= 15 is 0 Å². The van der Waals surface area contributed by atoms with Crippen LogP contribution in [0.2, 0.25) is 0 Å². The number of rotatable bonds is 11. The van der Waals surface area contributed by atoms with E-state index in [2.05, 4.69) is 20.9 Å². The SMILES string of the molecule is COc1cc2c(c(OC)c1OC)-c1ccc(NC(C(=O)NCCn3ccnc3)C(C)C)c(=O)cc1C(NC(C)=O)CC2. The Hall–Kier alpha value is -4.54. The molecule has 42 heavy (non-hydrogen) atoms. The fraction of sp³-hybridized carbons (Fsp3) is 0.419. The van der Waals surface area contributed by atoms with E-state index in [0.717, 1.165) is 16.7 Å². The molecule has 0 saturated carbocycles. The maximum atomic E-state index is 13.7. The van der Waals surface area contributed by atoms with Crippen molar-refractivity contribution >= 4 is 17.5 Å². The first kappa shape index (κ1) is 30.4. The van der Waals surface area contributed by atoms with Crippen LogP contribution >= 0.6 is 0 Å². The van der Waals surface area contributed by atoms with Crippen LogP contribution in [0.1, 0.15) is 44.4 Å². The number of benzene rings is 1. The van der Waals surface area contributed by atoms with Crippen molar-refractivity contribution in [3.8, 4) is 28.4 Å². The molecule has 3 aromatic rings. The second-order valence-electron chi connectivity index (χ2n) is 10.6. The van der Waals surface area contributed by atoms with Gasteiger partial charge in [-0.15, -0.1) is 0 Å². The van der Waals surface area contributed by atoms with E-state index in [1.165, 1.54) is 13.0 Å². The van der Waals surface area contributed by atoms with E-state index in [1.54, 1.807) is 39.9 Å². The summed E-state index contributed by atoms with van der Waals surface area (Å²) in [6.45, 7) is 6.29. The normalized spacial score (nSPS) is 14.6. The molecule has 0 aliphatic heterocycles. The Bertz CT molecular complexity index is 1490. The third kappa shape index (κ3) is 6.50. The van der Waals surface area contributed by atoms with Crippen LogP contribution in [-0.4, -0.2) is 55.3 Å². The number of anilines is 1. The van der Waals surface area contributed by atoms with Gasteiger partial charge >= 0.3 is 0 Å². The molecule has 0 saturated heterocycles. The van der Waals surface area contributed by atoms with Gasteiger partial charge in [-0.25, -0.2) is 4.98 Å². The molecule has 2 unspecified atom stereocenters. The molecule has 0 radical (unpaired) electrons. The van der Waals surface area contributed by atoms with Gasteiger partial charge in [0.05, 0.1) is 39.4 Å². The molecule has 224 valence electrons. The van der Waals surface area contributed by atoms with Crippen molar-refractivity contribution in [2.24, 2.45) is 5.92 Å². The van der Waals surface area contributed by atoms with Gasteiger partial charge in [0.25, 0.3) is 0 Å². The Balaban J connectivity index is 1.77. The summed E-state index contributed by atoms with van der Waals surface area (Å²) >= 11 is 0. The second kappa shape index (κ2) is 13.4. The van der Waals surface area contributed by atoms with Gasteiger partial charge in [-0.3, -0.25) is 14.4 Å². The van der Waals surface area contributed by atoms with E-state index in [-0.39, 0.29) is 28.8 Å². The number of fused-ring (bicyclic) bond motifs is 3. The number of nitrogens with zero attached hydrogens (tertiary/aromatic N) is 2. The topological polar surface area (TPSA) is 133 Å². The molecule has 11 nitrogen and oxygen atoms in total. The van der Waals surface area contributed by atoms with Gasteiger partial charge in [-0.2, -0.15) is 0 Å². The van der Waals surface area contributed by atoms with Crippen LogP contribution in [0.25, 0.3) is 11.1 Å². The van der Waals surface area contributed by atoms with Crippen LogP contribution in [0.4, 0.5) is 5.69 Å². The van der Waals surface area contributed by atoms with Crippen LogP contribution in [0.15, 0.2) is 47.8 Å². The van der Waals surface area contributed by atoms with Gasteiger partial charge in [0.15, 0.2) is 11.5 Å². The minimum Gasteiger partial charge on any atom is -0.493 e. The molecule has 2 atom stereocenters. The van der Waals surface area contributed by atoms with Crippen molar-refractivity contribution in [1.82, 2.24) is 20.2 Å². The number of amides is 2. The smallest absolute Gasteiger partial charge is 0.242 e. The van der Waals surface area contributed by atoms with Crippen molar-refractivity contribution in [3.63, 3.8) is 0 Å². The number of carbonyl (C=O) groups is 2. The lowest BCUT2D eigenvalue weighted by Crippen LogP contribution is -2.44. The third-order valence-electron chi connectivity index (χ3n) is 7.40. The lowest BCUT2D eigenvalue weighted by molar-refractivity contribution is -0.122. The number of nitrogens with one attached hydrogen (secondary N) is 3. The van der Waals surface area contributed by atoms with E-state index in [9.17, 15) is 14.4 Å². The molecule has 0 bridgehead atoms. The molecule has 3 N–H and O–H groups in total. The molecule has 2 amide bonds. The Labute approximate surface area is 245 Å². The zero-order valence-electron chi connectivity index (χ0n) is 24.9. The summed E-state index contributed by atoms with van der Waals surface area (Å²) < 4.78 is 19.0.